The molecule has 19 heavy (non-hydrogen) atoms. The third kappa shape index (κ3) is 2.65. The minimum atomic E-state index is -0.592. The summed E-state index contributed by atoms with van der Waals surface area (Å²) in [6.07, 6.45) is 0. The minimum Gasteiger partial charge on any atom is -0.459 e. The van der Waals surface area contributed by atoms with Crippen molar-refractivity contribution in [2.75, 3.05) is 6.61 Å². The van der Waals surface area contributed by atoms with Crippen LogP contribution in [0.3, 0.4) is 0 Å². The van der Waals surface area contributed by atoms with Crippen LogP contribution in [0.2, 0.25) is 0 Å². The zero-order chi connectivity index (χ0) is 13.9. The van der Waals surface area contributed by atoms with Crippen LogP contribution in [0.4, 0.5) is 0 Å². The van der Waals surface area contributed by atoms with E-state index < -0.39 is 11.4 Å². The van der Waals surface area contributed by atoms with Crippen molar-refractivity contribution in [1.82, 2.24) is 10.2 Å². The number of hydrogen-bond donors (Lipinski definition) is 0. The lowest BCUT2D eigenvalue weighted by Crippen LogP contribution is -2.19. The molecule has 1 aromatic heterocycles. The highest BCUT2D eigenvalue weighted by atomic mass is 16.5. The molecule has 0 saturated carbocycles. The number of aromatic nitrogens is 2. The van der Waals surface area contributed by atoms with E-state index in [-0.39, 0.29) is 12.5 Å². The lowest BCUT2D eigenvalue weighted by atomic mass is 9.85. The first-order chi connectivity index (χ1) is 9.05. The Hall–Kier alpha value is -2.17. The van der Waals surface area contributed by atoms with Crippen molar-refractivity contribution in [3.8, 4) is 0 Å². The van der Waals surface area contributed by atoms with Gasteiger partial charge in [0.15, 0.2) is 0 Å². The Morgan fingerprint density at radius 3 is 2.58 bits per heavy atom. The van der Waals surface area contributed by atoms with Crippen LogP contribution in [-0.4, -0.2) is 22.8 Å². The molecule has 2 rings (SSSR count). The molecule has 0 saturated heterocycles. The van der Waals surface area contributed by atoms with Crippen LogP contribution in [0.1, 0.15) is 42.9 Å². The summed E-state index contributed by atoms with van der Waals surface area (Å²) in [6, 6.07) is 9.79. The largest absolute Gasteiger partial charge is 0.459 e. The molecule has 0 unspecified atom stereocenters. The van der Waals surface area contributed by atoms with Crippen LogP contribution in [0.15, 0.2) is 34.7 Å². The molecule has 100 valence electrons. The highest BCUT2D eigenvalue weighted by Gasteiger charge is 2.30. The summed E-state index contributed by atoms with van der Waals surface area (Å²) in [4.78, 5) is 11.5. The summed E-state index contributed by atoms with van der Waals surface area (Å²) in [5.74, 6) is -0.312. The first kappa shape index (κ1) is 13.3. The van der Waals surface area contributed by atoms with Crippen LogP contribution in [0.5, 0.6) is 0 Å². The van der Waals surface area contributed by atoms with Gasteiger partial charge in [-0.3, -0.25) is 0 Å². The Kier molecular flexibility index (Phi) is 3.64. The Morgan fingerprint density at radius 1 is 1.26 bits per heavy atom. The number of ether oxygens (including phenoxy) is 1. The summed E-state index contributed by atoms with van der Waals surface area (Å²) >= 11 is 0. The number of benzene rings is 1. The summed E-state index contributed by atoms with van der Waals surface area (Å²) < 4.78 is 10.2. The molecule has 2 aromatic rings. The second kappa shape index (κ2) is 5.22. The maximum Gasteiger partial charge on any atom is 0.396 e. The second-order valence-electron chi connectivity index (χ2n) is 4.62. The van der Waals surface area contributed by atoms with Gasteiger partial charge >= 0.3 is 11.9 Å². The molecule has 0 spiro atoms. The van der Waals surface area contributed by atoms with Crippen molar-refractivity contribution in [3.05, 3.63) is 47.7 Å². The molecule has 0 aliphatic rings. The Labute approximate surface area is 111 Å². The second-order valence-corrected chi connectivity index (χ2v) is 4.62. The van der Waals surface area contributed by atoms with E-state index in [1.54, 1.807) is 6.92 Å². The lowest BCUT2D eigenvalue weighted by molar-refractivity contribution is 0.0477. The van der Waals surface area contributed by atoms with Gasteiger partial charge in [-0.05, 0) is 26.3 Å². The molecule has 0 radical (unpaired) electrons. The summed E-state index contributed by atoms with van der Waals surface area (Å²) in [7, 11) is 0. The molecule has 0 aliphatic heterocycles. The number of nitrogens with zero attached hydrogens (tertiary/aromatic N) is 2. The van der Waals surface area contributed by atoms with Gasteiger partial charge in [0.25, 0.3) is 0 Å². The quantitative estimate of drug-likeness (QED) is 0.790. The number of hydrogen-bond acceptors (Lipinski definition) is 5. The number of carbonyl (C=O) groups is 1. The molecular weight excluding hydrogens is 244 g/mol. The van der Waals surface area contributed by atoms with E-state index in [2.05, 4.69) is 10.2 Å². The van der Waals surface area contributed by atoms with Gasteiger partial charge in [-0.25, -0.2) is 4.79 Å². The monoisotopic (exact) mass is 260 g/mol. The standard InChI is InChI=1S/C14H16N2O3/c1-4-18-12(17)11-15-16-13(19-11)14(2,3)10-8-6-5-7-9-10/h5-9H,4H2,1-3H3. The first-order valence-electron chi connectivity index (χ1n) is 6.12. The van der Waals surface area contributed by atoms with Crippen molar-refractivity contribution in [2.45, 2.75) is 26.2 Å². The van der Waals surface area contributed by atoms with Crippen LogP contribution in [0.25, 0.3) is 0 Å². The minimum absolute atomic E-state index is 0.110. The molecule has 5 heteroatoms. The predicted octanol–water partition coefficient (Wildman–Crippen LogP) is 2.57. The average Bonchev–Trinajstić information content (AvgIpc) is 2.90. The van der Waals surface area contributed by atoms with Crippen molar-refractivity contribution in [1.29, 1.82) is 0 Å². The Bertz CT molecular complexity index is 561. The van der Waals surface area contributed by atoms with Crippen molar-refractivity contribution in [2.24, 2.45) is 0 Å². The predicted molar refractivity (Wildman–Crippen MR) is 68.8 cm³/mol. The summed E-state index contributed by atoms with van der Waals surface area (Å²) in [5, 5.41) is 7.69. The third-order valence-corrected chi connectivity index (χ3v) is 2.91. The van der Waals surface area contributed by atoms with Gasteiger partial charge in [0.1, 0.15) is 0 Å². The molecule has 5 nitrogen and oxygen atoms in total. The fraction of sp³-hybridized carbons (Fsp3) is 0.357. The van der Waals surface area contributed by atoms with Crippen LogP contribution in [-0.2, 0) is 10.2 Å². The summed E-state index contributed by atoms with van der Waals surface area (Å²) in [5.41, 5.74) is 0.577. The SMILES string of the molecule is CCOC(=O)c1nnc(C(C)(C)c2ccccc2)o1. The fourth-order valence-corrected chi connectivity index (χ4v) is 1.73. The molecule has 0 amide bonds. The average molecular weight is 260 g/mol. The molecule has 0 atom stereocenters. The summed E-state index contributed by atoms with van der Waals surface area (Å²) in [6.45, 7) is 5.93. The smallest absolute Gasteiger partial charge is 0.396 e. The van der Waals surface area contributed by atoms with Gasteiger partial charge in [0.2, 0.25) is 5.89 Å². The zero-order valence-corrected chi connectivity index (χ0v) is 11.2. The molecular formula is C14H16N2O3. The number of rotatable bonds is 4. The molecule has 0 bridgehead atoms. The normalized spacial score (nSPS) is 11.3. The molecule has 1 heterocycles. The van der Waals surface area contributed by atoms with Gasteiger partial charge in [0, 0.05) is 0 Å². The van der Waals surface area contributed by atoms with Gasteiger partial charge in [0.05, 0.1) is 12.0 Å². The van der Waals surface area contributed by atoms with Gasteiger partial charge in [-0.1, -0.05) is 30.3 Å². The maximum absolute atomic E-state index is 11.5. The maximum atomic E-state index is 11.5. The van der Waals surface area contributed by atoms with Crippen LogP contribution in [0, 0.1) is 0 Å². The van der Waals surface area contributed by atoms with E-state index in [0.29, 0.717) is 5.89 Å². The van der Waals surface area contributed by atoms with Crippen molar-refractivity contribution < 1.29 is 13.9 Å². The highest BCUT2D eigenvalue weighted by molar-refractivity contribution is 5.83. The van der Waals surface area contributed by atoms with Gasteiger partial charge in [-0.2, -0.15) is 0 Å². The van der Waals surface area contributed by atoms with E-state index >= 15 is 0 Å². The topological polar surface area (TPSA) is 65.2 Å². The Morgan fingerprint density at radius 2 is 1.95 bits per heavy atom. The van der Waals surface area contributed by atoms with Gasteiger partial charge in [-0.15, -0.1) is 10.2 Å². The highest BCUT2D eigenvalue weighted by Crippen LogP contribution is 2.30. The van der Waals surface area contributed by atoms with Gasteiger partial charge < -0.3 is 9.15 Å². The first-order valence-corrected chi connectivity index (χ1v) is 6.12. The van der Waals surface area contributed by atoms with E-state index in [1.165, 1.54) is 0 Å². The third-order valence-electron chi connectivity index (χ3n) is 2.91. The van der Waals surface area contributed by atoms with Crippen LogP contribution < -0.4 is 0 Å². The molecule has 0 aliphatic carbocycles. The lowest BCUT2D eigenvalue weighted by Gasteiger charge is -2.20. The molecule has 0 N–H and O–H groups in total. The Balaban J connectivity index is 2.29. The van der Waals surface area contributed by atoms with E-state index in [9.17, 15) is 4.79 Å². The van der Waals surface area contributed by atoms with Crippen molar-refractivity contribution in [3.63, 3.8) is 0 Å². The van der Waals surface area contributed by atoms with E-state index in [1.807, 2.05) is 44.2 Å². The van der Waals surface area contributed by atoms with E-state index in [0.717, 1.165) is 5.56 Å². The number of esters is 1. The van der Waals surface area contributed by atoms with Crippen LogP contribution >= 0.6 is 0 Å². The number of carbonyl (C=O) groups excluding carboxylic acids is 1. The van der Waals surface area contributed by atoms with Crippen molar-refractivity contribution >= 4 is 5.97 Å². The zero-order valence-electron chi connectivity index (χ0n) is 11.2. The molecule has 0 fully saturated rings. The molecule has 1 aromatic carbocycles. The van der Waals surface area contributed by atoms with E-state index in [4.69, 9.17) is 9.15 Å². The fourth-order valence-electron chi connectivity index (χ4n) is 1.73.